The second kappa shape index (κ2) is 8.99. The first-order valence-electron chi connectivity index (χ1n) is 9.19. The fraction of sp³-hybridized carbons (Fsp3) is 0.600. The minimum atomic E-state index is -0.0933. The van der Waals surface area contributed by atoms with Gasteiger partial charge in [0, 0.05) is 26.1 Å². The number of rotatable bonds is 7. The van der Waals surface area contributed by atoms with Gasteiger partial charge in [-0.25, -0.2) is 0 Å². The number of aliphatic hydroxyl groups excluding tert-OH is 1. The lowest BCUT2D eigenvalue weighted by Crippen LogP contribution is -2.47. The summed E-state index contributed by atoms with van der Waals surface area (Å²) in [6.07, 6.45) is 3.65. The number of amides is 2. The maximum absolute atomic E-state index is 12.3. The van der Waals surface area contributed by atoms with E-state index in [1.54, 1.807) is 4.90 Å². The highest BCUT2D eigenvalue weighted by Crippen LogP contribution is 2.34. The van der Waals surface area contributed by atoms with Gasteiger partial charge in [0.15, 0.2) is 0 Å². The molecule has 1 aromatic rings. The first-order valence-corrected chi connectivity index (χ1v) is 9.19. The third kappa shape index (κ3) is 5.56. The quantitative estimate of drug-likeness (QED) is 0.794. The van der Waals surface area contributed by atoms with E-state index >= 15 is 0 Å². The summed E-state index contributed by atoms with van der Waals surface area (Å²) in [6, 6.07) is 8.14. The molecule has 138 valence electrons. The summed E-state index contributed by atoms with van der Waals surface area (Å²) in [7, 11) is 0. The zero-order valence-electron chi connectivity index (χ0n) is 15.4. The first-order chi connectivity index (χ1) is 12.0. The van der Waals surface area contributed by atoms with E-state index in [0.717, 1.165) is 24.8 Å². The monoisotopic (exact) mass is 346 g/mol. The van der Waals surface area contributed by atoms with Gasteiger partial charge in [0.1, 0.15) is 0 Å². The van der Waals surface area contributed by atoms with E-state index in [2.05, 4.69) is 12.2 Å². The van der Waals surface area contributed by atoms with Crippen LogP contribution < -0.4 is 5.32 Å². The van der Waals surface area contributed by atoms with Crippen molar-refractivity contribution in [3.63, 3.8) is 0 Å². The number of benzene rings is 1. The van der Waals surface area contributed by atoms with Crippen LogP contribution >= 0.6 is 0 Å². The number of hydrogen-bond donors (Lipinski definition) is 2. The number of carbonyl (C=O) groups is 2. The molecule has 0 unspecified atom stereocenters. The van der Waals surface area contributed by atoms with E-state index in [0.29, 0.717) is 25.9 Å². The van der Waals surface area contributed by atoms with Gasteiger partial charge in [0.2, 0.25) is 11.8 Å². The van der Waals surface area contributed by atoms with Gasteiger partial charge in [-0.2, -0.15) is 0 Å². The first kappa shape index (κ1) is 19.4. The molecule has 2 amide bonds. The summed E-state index contributed by atoms with van der Waals surface area (Å²) >= 11 is 0. The van der Waals surface area contributed by atoms with E-state index in [1.165, 1.54) is 5.56 Å². The van der Waals surface area contributed by atoms with Gasteiger partial charge >= 0.3 is 0 Å². The minimum Gasteiger partial charge on any atom is -0.396 e. The number of hydrogen-bond acceptors (Lipinski definition) is 3. The second-order valence-corrected chi connectivity index (χ2v) is 7.15. The number of nitrogens with zero attached hydrogens (tertiary/aromatic N) is 1. The van der Waals surface area contributed by atoms with Crippen LogP contribution in [0.2, 0.25) is 0 Å². The minimum absolute atomic E-state index is 0.0337. The summed E-state index contributed by atoms with van der Waals surface area (Å²) in [6.45, 7) is 5.68. The van der Waals surface area contributed by atoms with Gasteiger partial charge in [-0.15, -0.1) is 0 Å². The van der Waals surface area contributed by atoms with E-state index in [-0.39, 0.29) is 30.4 Å². The van der Waals surface area contributed by atoms with Crippen molar-refractivity contribution >= 4 is 11.8 Å². The molecule has 0 bridgehead atoms. The van der Waals surface area contributed by atoms with Crippen molar-refractivity contribution in [1.29, 1.82) is 0 Å². The van der Waals surface area contributed by atoms with Crippen molar-refractivity contribution in [1.82, 2.24) is 10.2 Å². The van der Waals surface area contributed by atoms with E-state index in [9.17, 15) is 14.7 Å². The molecule has 1 aliphatic rings. The molecule has 5 nitrogen and oxygen atoms in total. The molecular weight excluding hydrogens is 316 g/mol. The lowest BCUT2D eigenvalue weighted by molar-refractivity contribution is -0.135. The zero-order chi connectivity index (χ0) is 18.3. The van der Waals surface area contributed by atoms with Gasteiger partial charge in [-0.05, 0) is 43.6 Å². The number of carbonyl (C=O) groups excluding carboxylic acids is 2. The van der Waals surface area contributed by atoms with Gasteiger partial charge in [-0.1, -0.05) is 36.8 Å². The highest BCUT2D eigenvalue weighted by Gasteiger charge is 2.33. The zero-order valence-corrected chi connectivity index (χ0v) is 15.4. The number of piperidine rings is 1. The topological polar surface area (TPSA) is 69.6 Å². The highest BCUT2D eigenvalue weighted by atomic mass is 16.3. The number of aryl methyl sites for hydroxylation is 2. The molecule has 5 heteroatoms. The summed E-state index contributed by atoms with van der Waals surface area (Å²) in [5.74, 6) is -0.129. The average Bonchev–Trinajstić information content (AvgIpc) is 2.65. The maximum Gasteiger partial charge on any atom is 0.241 e. The molecule has 0 aliphatic carbocycles. The molecule has 0 spiro atoms. The molecule has 1 heterocycles. The lowest BCUT2D eigenvalue weighted by Gasteiger charge is -2.40. The Morgan fingerprint density at radius 3 is 2.40 bits per heavy atom. The van der Waals surface area contributed by atoms with Crippen LogP contribution in [0.25, 0.3) is 0 Å². The van der Waals surface area contributed by atoms with Crippen molar-refractivity contribution < 1.29 is 14.7 Å². The Bertz CT molecular complexity index is 569. The van der Waals surface area contributed by atoms with E-state index in [4.69, 9.17) is 0 Å². The molecular formula is C20H30N2O3. The highest BCUT2D eigenvalue weighted by molar-refractivity contribution is 5.84. The van der Waals surface area contributed by atoms with Gasteiger partial charge in [-0.3, -0.25) is 9.59 Å². The Hall–Kier alpha value is -1.88. The SMILES string of the molecule is CCC1(CO)CCN(C(=O)CNC(=O)CCc2ccc(C)cc2)CC1. The van der Waals surface area contributed by atoms with Gasteiger partial charge in [0.05, 0.1) is 6.54 Å². The van der Waals surface area contributed by atoms with Crippen molar-refractivity contribution in [3.8, 4) is 0 Å². The maximum atomic E-state index is 12.3. The molecule has 25 heavy (non-hydrogen) atoms. The van der Waals surface area contributed by atoms with Crippen LogP contribution in [0.5, 0.6) is 0 Å². The summed E-state index contributed by atoms with van der Waals surface area (Å²) < 4.78 is 0. The molecule has 0 radical (unpaired) electrons. The average molecular weight is 346 g/mol. The molecule has 0 saturated carbocycles. The molecule has 2 N–H and O–H groups in total. The Balaban J connectivity index is 1.69. The molecule has 1 fully saturated rings. The third-order valence-electron chi connectivity index (χ3n) is 5.46. The van der Waals surface area contributed by atoms with Crippen molar-refractivity contribution in [2.45, 2.75) is 46.0 Å². The predicted octanol–water partition coefficient (Wildman–Crippen LogP) is 2.05. The standard InChI is InChI=1S/C20H30N2O3/c1-3-20(15-23)10-12-22(13-11-20)19(25)14-21-18(24)9-8-17-6-4-16(2)5-7-17/h4-7,23H,3,8-15H2,1-2H3,(H,21,24). The molecule has 0 aromatic heterocycles. The normalized spacial score (nSPS) is 16.5. The summed E-state index contributed by atoms with van der Waals surface area (Å²) in [4.78, 5) is 26.0. The van der Waals surface area contributed by atoms with Gasteiger partial charge in [0.25, 0.3) is 0 Å². The fourth-order valence-electron chi connectivity index (χ4n) is 3.24. The third-order valence-corrected chi connectivity index (χ3v) is 5.46. The second-order valence-electron chi connectivity index (χ2n) is 7.15. The Labute approximate surface area is 150 Å². The van der Waals surface area contributed by atoms with Crippen LogP contribution in [0.3, 0.4) is 0 Å². The Morgan fingerprint density at radius 1 is 1.20 bits per heavy atom. The van der Waals surface area contributed by atoms with E-state index < -0.39 is 0 Å². The van der Waals surface area contributed by atoms with Crippen molar-refractivity contribution in [2.24, 2.45) is 5.41 Å². The number of nitrogens with one attached hydrogen (secondary N) is 1. The van der Waals surface area contributed by atoms with Crippen LogP contribution in [0.4, 0.5) is 0 Å². The molecule has 1 aromatic carbocycles. The fourth-order valence-corrected chi connectivity index (χ4v) is 3.24. The van der Waals surface area contributed by atoms with Crippen LogP contribution in [-0.4, -0.2) is 48.1 Å². The van der Waals surface area contributed by atoms with Crippen molar-refractivity contribution in [3.05, 3.63) is 35.4 Å². The van der Waals surface area contributed by atoms with Crippen LogP contribution in [0, 0.1) is 12.3 Å². The molecule has 0 atom stereocenters. The number of likely N-dealkylation sites (tertiary alicyclic amines) is 1. The predicted molar refractivity (Wildman–Crippen MR) is 98.1 cm³/mol. The summed E-state index contributed by atoms with van der Waals surface area (Å²) in [5.41, 5.74) is 2.30. The molecule has 1 saturated heterocycles. The van der Waals surface area contributed by atoms with Crippen LogP contribution in [0.15, 0.2) is 24.3 Å². The van der Waals surface area contributed by atoms with E-state index in [1.807, 2.05) is 31.2 Å². The molecule has 1 aliphatic heterocycles. The van der Waals surface area contributed by atoms with Crippen molar-refractivity contribution in [2.75, 3.05) is 26.2 Å². The van der Waals surface area contributed by atoms with Crippen LogP contribution in [-0.2, 0) is 16.0 Å². The smallest absolute Gasteiger partial charge is 0.241 e. The lowest BCUT2D eigenvalue weighted by atomic mass is 9.77. The Kier molecular flexibility index (Phi) is 7.00. The number of aliphatic hydroxyl groups is 1. The largest absolute Gasteiger partial charge is 0.396 e. The Morgan fingerprint density at radius 2 is 1.84 bits per heavy atom. The van der Waals surface area contributed by atoms with Gasteiger partial charge < -0.3 is 15.3 Å². The molecule has 2 rings (SSSR count). The summed E-state index contributed by atoms with van der Waals surface area (Å²) in [5, 5.41) is 12.3. The van der Waals surface area contributed by atoms with Crippen LogP contribution in [0.1, 0.15) is 43.7 Å².